The van der Waals surface area contributed by atoms with Gasteiger partial charge in [-0.1, -0.05) is 0 Å². The Morgan fingerprint density at radius 3 is 2.33 bits per heavy atom. The van der Waals surface area contributed by atoms with Gasteiger partial charge in [-0.15, -0.1) is 0 Å². The van der Waals surface area contributed by atoms with E-state index in [0.717, 1.165) is 0 Å². The second-order valence-electron chi connectivity index (χ2n) is 3.28. The molecule has 1 aliphatic heterocycles. The molecular weight excluding hydrogens is 160 g/mol. The predicted octanol–water partition coefficient (Wildman–Crippen LogP) is 0.699. The van der Waals surface area contributed by atoms with Gasteiger partial charge in [-0.2, -0.15) is 0 Å². The Balaban J connectivity index is 2.64. The molecule has 4 nitrogen and oxygen atoms in total. The van der Waals surface area contributed by atoms with Crippen LogP contribution in [-0.2, 0) is 19.0 Å². The van der Waals surface area contributed by atoms with Crippen molar-refractivity contribution in [2.45, 2.75) is 38.8 Å². The number of methoxy groups -OCH3 is 1. The molecule has 0 amide bonds. The van der Waals surface area contributed by atoms with E-state index in [9.17, 15) is 4.79 Å². The third-order valence-electron chi connectivity index (χ3n) is 1.74. The molecule has 12 heavy (non-hydrogen) atoms. The number of rotatable bonds is 1. The molecule has 4 heteroatoms. The lowest BCUT2D eigenvalue weighted by atomic mass is 10.2. The standard InChI is InChI=1S/C8H14O4/c1-5-6(7(9)10-4)12-8(2,3)11-5/h5-6H,1-4H3/t5-,6?/m0/s1. The lowest BCUT2D eigenvalue weighted by Crippen LogP contribution is -2.30. The molecule has 1 fully saturated rings. The van der Waals surface area contributed by atoms with E-state index in [0.29, 0.717) is 0 Å². The summed E-state index contributed by atoms with van der Waals surface area (Å²) in [6.45, 7) is 5.33. The van der Waals surface area contributed by atoms with E-state index < -0.39 is 11.9 Å². The zero-order valence-electron chi connectivity index (χ0n) is 7.79. The number of carbonyl (C=O) groups excluding carboxylic acids is 1. The first-order chi connectivity index (χ1) is 5.46. The highest BCUT2D eigenvalue weighted by Crippen LogP contribution is 2.28. The van der Waals surface area contributed by atoms with Gasteiger partial charge in [0.25, 0.3) is 0 Å². The Morgan fingerprint density at radius 1 is 1.42 bits per heavy atom. The third kappa shape index (κ3) is 1.76. The zero-order chi connectivity index (χ0) is 9.35. The van der Waals surface area contributed by atoms with Crippen LogP contribution in [0.25, 0.3) is 0 Å². The highest BCUT2D eigenvalue weighted by Gasteiger charge is 2.43. The second kappa shape index (κ2) is 3.03. The van der Waals surface area contributed by atoms with Gasteiger partial charge < -0.3 is 14.2 Å². The molecule has 1 heterocycles. The van der Waals surface area contributed by atoms with Gasteiger partial charge in [0.2, 0.25) is 0 Å². The van der Waals surface area contributed by atoms with Crippen molar-refractivity contribution in [1.29, 1.82) is 0 Å². The summed E-state index contributed by atoms with van der Waals surface area (Å²) in [6.07, 6.45) is -0.836. The monoisotopic (exact) mass is 174 g/mol. The van der Waals surface area contributed by atoms with Crippen molar-refractivity contribution in [2.75, 3.05) is 7.11 Å². The minimum Gasteiger partial charge on any atom is -0.467 e. The van der Waals surface area contributed by atoms with Gasteiger partial charge in [0.05, 0.1) is 13.2 Å². The van der Waals surface area contributed by atoms with Gasteiger partial charge in [-0.3, -0.25) is 0 Å². The number of esters is 1. The molecular formula is C8H14O4. The normalized spacial score (nSPS) is 33.3. The van der Waals surface area contributed by atoms with E-state index in [4.69, 9.17) is 9.47 Å². The molecule has 70 valence electrons. The molecule has 0 bridgehead atoms. The molecule has 0 aromatic heterocycles. The molecule has 0 aromatic rings. The van der Waals surface area contributed by atoms with Crippen LogP contribution in [0.5, 0.6) is 0 Å². The summed E-state index contributed by atoms with van der Waals surface area (Å²) in [7, 11) is 1.34. The van der Waals surface area contributed by atoms with Gasteiger partial charge >= 0.3 is 5.97 Å². The van der Waals surface area contributed by atoms with Crippen molar-refractivity contribution in [3.05, 3.63) is 0 Å². The van der Waals surface area contributed by atoms with Crippen LogP contribution < -0.4 is 0 Å². The fourth-order valence-electron chi connectivity index (χ4n) is 1.29. The van der Waals surface area contributed by atoms with Crippen LogP contribution in [0, 0.1) is 0 Å². The van der Waals surface area contributed by atoms with Gasteiger partial charge in [0.15, 0.2) is 11.9 Å². The molecule has 0 aromatic carbocycles. The maximum Gasteiger partial charge on any atom is 0.337 e. The fourth-order valence-corrected chi connectivity index (χ4v) is 1.29. The van der Waals surface area contributed by atoms with Crippen LogP contribution in [0.1, 0.15) is 20.8 Å². The summed E-state index contributed by atoms with van der Waals surface area (Å²) >= 11 is 0. The molecule has 0 spiro atoms. The maximum absolute atomic E-state index is 11.1. The van der Waals surface area contributed by atoms with E-state index in [2.05, 4.69) is 4.74 Å². The first-order valence-corrected chi connectivity index (χ1v) is 3.90. The number of ether oxygens (including phenoxy) is 3. The van der Waals surface area contributed by atoms with Crippen LogP contribution in [0.4, 0.5) is 0 Å². The highest BCUT2D eigenvalue weighted by atomic mass is 16.8. The van der Waals surface area contributed by atoms with Gasteiger partial charge in [-0.25, -0.2) is 4.79 Å². The summed E-state index contributed by atoms with van der Waals surface area (Å²) in [6, 6.07) is 0. The van der Waals surface area contributed by atoms with E-state index in [1.807, 2.05) is 0 Å². The van der Waals surface area contributed by atoms with Crippen molar-refractivity contribution >= 4 is 5.97 Å². The van der Waals surface area contributed by atoms with Crippen molar-refractivity contribution in [1.82, 2.24) is 0 Å². The van der Waals surface area contributed by atoms with Gasteiger partial charge in [0.1, 0.15) is 0 Å². The van der Waals surface area contributed by atoms with Crippen LogP contribution in [-0.4, -0.2) is 31.1 Å². The van der Waals surface area contributed by atoms with E-state index in [-0.39, 0.29) is 12.1 Å². The fraction of sp³-hybridized carbons (Fsp3) is 0.875. The maximum atomic E-state index is 11.1. The van der Waals surface area contributed by atoms with Crippen LogP contribution >= 0.6 is 0 Å². The lowest BCUT2D eigenvalue weighted by molar-refractivity contribution is -0.168. The quantitative estimate of drug-likeness (QED) is 0.549. The number of hydrogen-bond donors (Lipinski definition) is 0. The van der Waals surface area contributed by atoms with E-state index in [1.54, 1.807) is 20.8 Å². The number of hydrogen-bond acceptors (Lipinski definition) is 4. The Kier molecular flexibility index (Phi) is 2.39. The first kappa shape index (κ1) is 9.48. The Morgan fingerprint density at radius 2 is 2.00 bits per heavy atom. The Bertz CT molecular complexity index is 187. The molecule has 0 saturated carbocycles. The zero-order valence-corrected chi connectivity index (χ0v) is 7.79. The van der Waals surface area contributed by atoms with Crippen molar-refractivity contribution in [3.8, 4) is 0 Å². The van der Waals surface area contributed by atoms with Crippen molar-refractivity contribution < 1.29 is 19.0 Å². The minimum absolute atomic E-state index is 0.243. The molecule has 0 N–H and O–H groups in total. The van der Waals surface area contributed by atoms with Crippen molar-refractivity contribution in [2.24, 2.45) is 0 Å². The molecule has 0 radical (unpaired) electrons. The summed E-state index contributed by atoms with van der Waals surface area (Å²) in [5.41, 5.74) is 0. The Labute approximate surface area is 71.8 Å². The number of carbonyl (C=O) groups is 1. The second-order valence-corrected chi connectivity index (χ2v) is 3.28. The van der Waals surface area contributed by atoms with E-state index >= 15 is 0 Å². The topological polar surface area (TPSA) is 44.8 Å². The predicted molar refractivity (Wildman–Crippen MR) is 41.5 cm³/mol. The summed E-state index contributed by atoms with van der Waals surface area (Å²) in [5, 5.41) is 0. The van der Waals surface area contributed by atoms with Crippen LogP contribution in [0.2, 0.25) is 0 Å². The van der Waals surface area contributed by atoms with E-state index in [1.165, 1.54) is 7.11 Å². The van der Waals surface area contributed by atoms with Gasteiger partial charge in [-0.05, 0) is 20.8 Å². The average Bonchev–Trinajstić information content (AvgIpc) is 2.23. The molecule has 1 saturated heterocycles. The molecule has 1 rings (SSSR count). The smallest absolute Gasteiger partial charge is 0.337 e. The minimum atomic E-state index is -0.682. The lowest BCUT2D eigenvalue weighted by Gasteiger charge is -2.15. The Hall–Kier alpha value is -0.610. The summed E-state index contributed by atoms with van der Waals surface area (Å²) < 4.78 is 15.2. The molecule has 1 aliphatic rings. The molecule has 0 aliphatic carbocycles. The summed E-state index contributed by atoms with van der Waals surface area (Å²) in [5.74, 6) is -1.06. The SMILES string of the molecule is COC(=O)C1OC(C)(C)O[C@H]1C. The van der Waals surface area contributed by atoms with Gasteiger partial charge in [0, 0.05) is 0 Å². The largest absolute Gasteiger partial charge is 0.467 e. The van der Waals surface area contributed by atoms with Crippen LogP contribution in [0.3, 0.4) is 0 Å². The van der Waals surface area contributed by atoms with Crippen LogP contribution in [0.15, 0.2) is 0 Å². The average molecular weight is 174 g/mol. The summed E-state index contributed by atoms with van der Waals surface area (Å²) in [4.78, 5) is 11.1. The molecule has 1 unspecified atom stereocenters. The molecule has 2 atom stereocenters. The van der Waals surface area contributed by atoms with Crippen molar-refractivity contribution in [3.63, 3.8) is 0 Å². The third-order valence-corrected chi connectivity index (χ3v) is 1.74. The first-order valence-electron chi connectivity index (χ1n) is 3.90. The highest BCUT2D eigenvalue weighted by molar-refractivity contribution is 5.75.